The lowest BCUT2D eigenvalue weighted by atomic mass is 10.6. The first-order chi connectivity index (χ1) is 8.33. The molecule has 0 spiro atoms. The molecule has 3 rings (SSSR count). The summed E-state index contributed by atoms with van der Waals surface area (Å²) in [4.78, 5) is 8.63. The molecule has 0 amide bonds. The van der Waals surface area contributed by atoms with Crippen molar-refractivity contribution in [2.45, 2.75) is 0 Å². The van der Waals surface area contributed by atoms with E-state index in [4.69, 9.17) is 0 Å². The maximum absolute atomic E-state index is 4.38. The molecule has 0 saturated carbocycles. The van der Waals surface area contributed by atoms with Crippen LogP contribution >= 0.6 is 15.9 Å². The van der Waals surface area contributed by atoms with Crippen molar-refractivity contribution in [1.29, 1.82) is 0 Å². The molecule has 84 valence electrons. The quantitative estimate of drug-likeness (QED) is 0.673. The van der Waals surface area contributed by atoms with Gasteiger partial charge >= 0.3 is 0 Å². The first kappa shape index (κ1) is 10.2. The standard InChI is InChI=1S/C10H7BrN6/c11-8-7-9(16-5-1-3-12-16)15-10(14-8)17-6-2-4-13-17/h1-7H. The van der Waals surface area contributed by atoms with Crippen LogP contribution < -0.4 is 0 Å². The second-order valence-electron chi connectivity index (χ2n) is 3.25. The van der Waals surface area contributed by atoms with Crippen LogP contribution in [0.4, 0.5) is 0 Å². The van der Waals surface area contributed by atoms with E-state index in [9.17, 15) is 0 Å². The Bertz CT molecular complexity index is 564. The molecule has 0 unspecified atom stereocenters. The first-order valence-electron chi connectivity index (χ1n) is 4.87. The first-order valence-corrected chi connectivity index (χ1v) is 5.67. The van der Waals surface area contributed by atoms with Gasteiger partial charge in [0, 0.05) is 30.9 Å². The molecule has 3 aromatic heterocycles. The number of nitrogens with zero attached hydrogens (tertiary/aromatic N) is 6. The Hall–Kier alpha value is -2.02. The van der Waals surface area contributed by atoms with Crippen LogP contribution in [-0.2, 0) is 0 Å². The van der Waals surface area contributed by atoms with E-state index in [0.29, 0.717) is 16.4 Å². The van der Waals surface area contributed by atoms with Gasteiger partial charge in [0.05, 0.1) is 0 Å². The highest BCUT2D eigenvalue weighted by molar-refractivity contribution is 9.10. The Morgan fingerprint density at radius 1 is 0.941 bits per heavy atom. The lowest BCUT2D eigenvalue weighted by molar-refractivity contribution is 0.770. The van der Waals surface area contributed by atoms with Gasteiger partial charge in [-0.15, -0.1) is 0 Å². The summed E-state index contributed by atoms with van der Waals surface area (Å²) < 4.78 is 3.94. The van der Waals surface area contributed by atoms with Crippen LogP contribution in [0.3, 0.4) is 0 Å². The summed E-state index contributed by atoms with van der Waals surface area (Å²) in [6, 6.07) is 5.45. The number of hydrogen-bond donors (Lipinski definition) is 0. The zero-order valence-corrected chi connectivity index (χ0v) is 10.2. The fraction of sp³-hybridized carbons (Fsp3) is 0. The number of hydrogen-bond acceptors (Lipinski definition) is 4. The van der Waals surface area contributed by atoms with Gasteiger partial charge in [0.15, 0.2) is 5.82 Å². The molecule has 7 heteroatoms. The smallest absolute Gasteiger partial charge is 0.222 e. The summed E-state index contributed by atoms with van der Waals surface area (Å²) in [5.41, 5.74) is 0. The maximum atomic E-state index is 4.38. The van der Waals surface area contributed by atoms with Gasteiger partial charge in [-0.05, 0) is 28.1 Å². The fourth-order valence-electron chi connectivity index (χ4n) is 1.41. The molecular formula is C10H7BrN6. The van der Waals surface area contributed by atoms with Gasteiger partial charge in [-0.25, -0.2) is 14.3 Å². The molecule has 3 heterocycles. The van der Waals surface area contributed by atoms with Crippen molar-refractivity contribution in [2.24, 2.45) is 0 Å². The van der Waals surface area contributed by atoms with E-state index in [1.807, 2.05) is 18.3 Å². The van der Waals surface area contributed by atoms with Crippen molar-refractivity contribution in [1.82, 2.24) is 29.5 Å². The van der Waals surface area contributed by atoms with Gasteiger partial charge in [-0.2, -0.15) is 15.2 Å². The van der Waals surface area contributed by atoms with E-state index in [2.05, 4.69) is 36.1 Å². The van der Waals surface area contributed by atoms with Crippen LogP contribution in [0.25, 0.3) is 11.8 Å². The van der Waals surface area contributed by atoms with E-state index >= 15 is 0 Å². The van der Waals surface area contributed by atoms with Crippen molar-refractivity contribution in [3.63, 3.8) is 0 Å². The molecule has 0 aromatic carbocycles. The SMILES string of the molecule is Brc1cc(-n2cccn2)nc(-n2cccn2)n1. The lowest BCUT2D eigenvalue weighted by Crippen LogP contribution is -2.06. The van der Waals surface area contributed by atoms with Crippen molar-refractivity contribution in [2.75, 3.05) is 0 Å². The van der Waals surface area contributed by atoms with Crippen LogP contribution in [0.15, 0.2) is 47.6 Å². The second-order valence-corrected chi connectivity index (χ2v) is 4.06. The molecule has 0 atom stereocenters. The minimum Gasteiger partial charge on any atom is -0.222 e. The fourth-order valence-corrected chi connectivity index (χ4v) is 1.77. The van der Waals surface area contributed by atoms with Crippen molar-refractivity contribution in [3.8, 4) is 11.8 Å². The van der Waals surface area contributed by atoms with Gasteiger partial charge in [-0.1, -0.05) is 0 Å². The summed E-state index contributed by atoms with van der Waals surface area (Å²) in [6.07, 6.45) is 6.98. The van der Waals surface area contributed by atoms with E-state index in [0.717, 1.165) is 0 Å². The van der Waals surface area contributed by atoms with Gasteiger partial charge in [0.1, 0.15) is 4.60 Å². The lowest BCUT2D eigenvalue weighted by Gasteiger charge is -2.04. The molecule has 0 N–H and O–H groups in total. The number of halogens is 1. The van der Waals surface area contributed by atoms with E-state index in [1.54, 1.807) is 34.0 Å². The van der Waals surface area contributed by atoms with Gasteiger partial charge < -0.3 is 0 Å². The molecular weight excluding hydrogens is 284 g/mol. The van der Waals surface area contributed by atoms with Crippen LogP contribution in [0.2, 0.25) is 0 Å². The molecule has 3 aromatic rings. The highest BCUT2D eigenvalue weighted by atomic mass is 79.9. The third-order valence-corrected chi connectivity index (χ3v) is 2.52. The Balaban J connectivity index is 2.13. The van der Waals surface area contributed by atoms with E-state index in [-0.39, 0.29) is 0 Å². The third kappa shape index (κ3) is 1.96. The van der Waals surface area contributed by atoms with E-state index in [1.165, 1.54) is 0 Å². The number of aromatic nitrogens is 6. The zero-order valence-electron chi connectivity index (χ0n) is 8.60. The Kier molecular flexibility index (Phi) is 2.45. The summed E-state index contributed by atoms with van der Waals surface area (Å²) in [7, 11) is 0. The summed E-state index contributed by atoms with van der Waals surface area (Å²) in [6.45, 7) is 0. The molecule has 6 nitrogen and oxygen atoms in total. The Morgan fingerprint density at radius 2 is 1.65 bits per heavy atom. The van der Waals surface area contributed by atoms with Crippen LogP contribution in [0.5, 0.6) is 0 Å². The van der Waals surface area contributed by atoms with Crippen LogP contribution in [-0.4, -0.2) is 29.5 Å². The van der Waals surface area contributed by atoms with E-state index < -0.39 is 0 Å². The molecule has 0 fully saturated rings. The van der Waals surface area contributed by atoms with Crippen molar-refractivity contribution in [3.05, 3.63) is 47.6 Å². The summed E-state index contributed by atoms with van der Waals surface area (Å²) >= 11 is 3.35. The van der Waals surface area contributed by atoms with Gasteiger partial charge in [-0.3, -0.25) is 0 Å². The maximum Gasteiger partial charge on any atom is 0.253 e. The molecule has 0 aliphatic carbocycles. The van der Waals surface area contributed by atoms with Crippen molar-refractivity contribution < 1.29 is 0 Å². The van der Waals surface area contributed by atoms with Crippen LogP contribution in [0, 0.1) is 0 Å². The molecule has 0 aliphatic rings. The monoisotopic (exact) mass is 290 g/mol. The van der Waals surface area contributed by atoms with Gasteiger partial charge in [0.25, 0.3) is 5.95 Å². The van der Waals surface area contributed by atoms with Gasteiger partial charge in [0.2, 0.25) is 0 Å². The minimum absolute atomic E-state index is 0.495. The van der Waals surface area contributed by atoms with Crippen molar-refractivity contribution >= 4 is 15.9 Å². The summed E-state index contributed by atoms with van der Waals surface area (Å²) in [5, 5.41) is 8.22. The molecule has 0 bridgehead atoms. The average Bonchev–Trinajstić information content (AvgIpc) is 3.02. The normalized spacial score (nSPS) is 10.6. The average molecular weight is 291 g/mol. The highest BCUT2D eigenvalue weighted by Gasteiger charge is 2.06. The largest absolute Gasteiger partial charge is 0.253 e. The highest BCUT2D eigenvalue weighted by Crippen LogP contribution is 2.13. The Morgan fingerprint density at radius 3 is 2.29 bits per heavy atom. The number of rotatable bonds is 2. The molecule has 0 radical (unpaired) electrons. The molecule has 0 saturated heterocycles. The van der Waals surface area contributed by atoms with Crippen LogP contribution in [0.1, 0.15) is 0 Å². The zero-order chi connectivity index (χ0) is 11.7. The molecule has 17 heavy (non-hydrogen) atoms. The molecule has 0 aliphatic heterocycles. The predicted octanol–water partition coefficient (Wildman–Crippen LogP) is 1.61. The minimum atomic E-state index is 0.495. The summed E-state index contributed by atoms with van der Waals surface area (Å²) in [5.74, 6) is 1.18. The third-order valence-electron chi connectivity index (χ3n) is 2.12. The predicted molar refractivity (Wildman–Crippen MR) is 64.0 cm³/mol. The second kappa shape index (κ2) is 4.10. The topological polar surface area (TPSA) is 61.4 Å². The Labute approximate surface area is 105 Å².